The first-order valence-corrected chi connectivity index (χ1v) is 11.5. The Balaban J connectivity index is 1.43. The van der Waals surface area contributed by atoms with Crippen LogP contribution >= 0.6 is 11.3 Å². The third-order valence-electron chi connectivity index (χ3n) is 4.62. The van der Waals surface area contributed by atoms with Gasteiger partial charge >= 0.3 is 5.97 Å². The fourth-order valence-corrected chi connectivity index (χ4v) is 5.86. The molecule has 31 heavy (non-hydrogen) atoms. The minimum atomic E-state index is -3.75. The van der Waals surface area contributed by atoms with E-state index >= 15 is 0 Å². The second kappa shape index (κ2) is 8.53. The van der Waals surface area contributed by atoms with E-state index in [4.69, 9.17) is 9.15 Å². The van der Waals surface area contributed by atoms with Crippen molar-refractivity contribution in [2.24, 2.45) is 0 Å². The van der Waals surface area contributed by atoms with Crippen LogP contribution in [0.4, 0.5) is 5.69 Å². The number of thiophene rings is 1. The number of nitro groups is 1. The van der Waals surface area contributed by atoms with E-state index in [1.54, 1.807) is 0 Å². The summed E-state index contributed by atoms with van der Waals surface area (Å²) >= 11 is 0.982. The molecule has 11 nitrogen and oxygen atoms in total. The zero-order valence-electron chi connectivity index (χ0n) is 16.0. The van der Waals surface area contributed by atoms with Crippen LogP contribution in [-0.2, 0) is 21.4 Å². The van der Waals surface area contributed by atoms with E-state index in [1.807, 2.05) is 0 Å². The van der Waals surface area contributed by atoms with Gasteiger partial charge in [-0.15, -0.1) is 21.5 Å². The molecular weight excluding hydrogens is 448 g/mol. The predicted molar refractivity (Wildman–Crippen MR) is 108 cm³/mol. The minimum Gasteiger partial charge on any atom is -0.451 e. The van der Waals surface area contributed by atoms with Crippen molar-refractivity contribution >= 4 is 33.0 Å². The van der Waals surface area contributed by atoms with Crippen molar-refractivity contribution in [1.82, 2.24) is 14.5 Å². The van der Waals surface area contributed by atoms with Gasteiger partial charge in [0, 0.05) is 30.8 Å². The smallest absolute Gasteiger partial charge is 0.350 e. The molecule has 1 fully saturated rings. The summed E-state index contributed by atoms with van der Waals surface area (Å²) in [4.78, 5) is 22.6. The van der Waals surface area contributed by atoms with E-state index in [-0.39, 0.29) is 33.8 Å². The molecule has 162 valence electrons. The number of nitrogens with zero attached hydrogens (tertiary/aromatic N) is 4. The van der Waals surface area contributed by atoms with Gasteiger partial charge in [-0.3, -0.25) is 10.1 Å². The number of nitro benzene ring substituents is 1. The van der Waals surface area contributed by atoms with E-state index in [0.717, 1.165) is 24.2 Å². The number of ether oxygens (including phenoxy) is 1. The van der Waals surface area contributed by atoms with Crippen molar-refractivity contribution in [3.8, 4) is 11.5 Å². The van der Waals surface area contributed by atoms with Gasteiger partial charge in [-0.25, -0.2) is 13.2 Å². The maximum Gasteiger partial charge on any atom is 0.350 e. The summed E-state index contributed by atoms with van der Waals surface area (Å²) in [6.07, 6.45) is 1.58. The molecule has 0 radical (unpaired) electrons. The summed E-state index contributed by atoms with van der Waals surface area (Å²) in [6.45, 7) is 0.514. The Morgan fingerprint density at radius 2 is 1.90 bits per heavy atom. The van der Waals surface area contributed by atoms with Crippen molar-refractivity contribution < 1.29 is 27.3 Å². The topological polar surface area (TPSA) is 146 Å². The molecule has 1 aliphatic rings. The molecule has 0 saturated carbocycles. The Kier molecular flexibility index (Phi) is 5.80. The highest BCUT2D eigenvalue weighted by atomic mass is 32.2. The molecule has 0 atom stereocenters. The SMILES string of the molecule is O=C(OCc1nnc(-c2ccc([N+](=O)[O-])cc2)o1)c1sccc1S(=O)(=O)N1CCCC1. The zero-order valence-corrected chi connectivity index (χ0v) is 17.6. The van der Waals surface area contributed by atoms with Gasteiger partial charge in [0.05, 0.1) is 4.92 Å². The van der Waals surface area contributed by atoms with Crippen molar-refractivity contribution in [3.63, 3.8) is 0 Å². The summed E-state index contributed by atoms with van der Waals surface area (Å²) < 4.78 is 37.5. The third-order valence-corrected chi connectivity index (χ3v) is 7.58. The number of esters is 1. The number of carbonyl (C=O) groups excluding carboxylic acids is 1. The van der Waals surface area contributed by atoms with E-state index in [9.17, 15) is 23.3 Å². The monoisotopic (exact) mass is 464 g/mol. The van der Waals surface area contributed by atoms with Gasteiger partial charge in [0.25, 0.3) is 11.6 Å². The number of sulfonamides is 1. The lowest BCUT2D eigenvalue weighted by Gasteiger charge is -2.15. The average Bonchev–Trinajstić information content (AvgIpc) is 3.53. The van der Waals surface area contributed by atoms with Crippen LogP contribution in [0.3, 0.4) is 0 Å². The third kappa shape index (κ3) is 4.33. The van der Waals surface area contributed by atoms with Crippen molar-refractivity contribution in [1.29, 1.82) is 0 Å². The maximum absolute atomic E-state index is 12.8. The average molecular weight is 464 g/mol. The quantitative estimate of drug-likeness (QED) is 0.292. The van der Waals surface area contributed by atoms with Crippen LogP contribution in [0.1, 0.15) is 28.4 Å². The molecule has 0 bridgehead atoms. The van der Waals surface area contributed by atoms with Crippen molar-refractivity contribution in [3.05, 3.63) is 56.6 Å². The van der Waals surface area contributed by atoms with Crippen LogP contribution < -0.4 is 0 Å². The van der Waals surface area contributed by atoms with E-state index in [2.05, 4.69) is 10.2 Å². The Morgan fingerprint density at radius 1 is 1.19 bits per heavy atom. The first-order valence-electron chi connectivity index (χ1n) is 9.18. The molecule has 0 unspecified atom stereocenters. The predicted octanol–water partition coefficient (Wildman–Crippen LogP) is 2.85. The van der Waals surface area contributed by atoms with Crippen LogP contribution in [0.5, 0.6) is 0 Å². The lowest BCUT2D eigenvalue weighted by atomic mass is 10.2. The molecular formula is C18H16N4O7S2. The van der Waals surface area contributed by atoms with Crippen LogP contribution in [0.2, 0.25) is 0 Å². The molecule has 2 aromatic heterocycles. The van der Waals surface area contributed by atoms with E-state index in [0.29, 0.717) is 18.7 Å². The van der Waals surface area contributed by atoms with Crippen LogP contribution in [-0.4, -0.2) is 46.9 Å². The highest BCUT2D eigenvalue weighted by Gasteiger charge is 2.32. The molecule has 0 aliphatic carbocycles. The minimum absolute atomic E-state index is 0.00205. The van der Waals surface area contributed by atoms with Crippen LogP contribution in [0.15, 0.2) is 45.0 Å². The largest absolute Gasteiger partial charge is 0.451 e. The van der Waals surface area contributed by atoms with Gasteiger partial charge in [0.2, 0.25) is 15.9 Å². The summed E-state index contributed by atoms with van der Waals surface area (Å²) in [6, 6.07) is 6.93. The molecule has 0 spiro atoms. The van der Waals surface area contributed by atoms with Gasteiger partial charge in [-0.1, -0.05) is 0 Å². The lowest BCUT2D eigenvalue weighted by molar-refractivity contribution is -0.384. The van der Waals surface area contributed by atoms with Gasteiger partial charge in [-0.2, -0.15) is 4.31 Å². The molecule has 1 aliphatic heterocycles. The Bertz CT molecular complexity index is 1210. The molecule has 3 aromatic rings. The summed E-state index contributed by atoms with van der Waals surface area (Å²) in [7, 11) is -3.75. The molecule has 13 heteroatoms. The normalized spacial score (nSPS) is 14.6. The van der Waals surface area contributed by atoms with E-state index < -0.39 is 20.9 Å². The lowest BCUT2D eigenvalue weighted by Crippen LogP contribution is -2.28. The summed E-state index contributed by atoms with van der Waals surface area (Å²) in [5, 5.41) is 19.9. The molecule has 1 aromatic carbocycles. The fraction of sp³-hybridized carbons (Fsp3) is 0.278. The van der Waals surface area contributed by atoms with Gasteiger partial charge in [0.1, 0.15) is 9.77 Å². The molecule has 0 amide bonds. The van der Waals surface area contributed by atoms with Gasteiger partial charge < -0.3 is 9.15 Å². The number of aromatic nitrogens is 2. The number of carbonyl (C=O) groups is 1. The van der Waals surface area contributed by atoms with Crippen molar-refractivity contribution in [2.45, 2.75) is 24.3 Å². The number of non-ortho nitro benzene ring substituents is 1. The zero-order chi connectivity index (χ0) is 22.0. The highest BCUT2D eigenvalue weighted by molar-refractivity contribution is 7.89. The summed E-state index contributed by atoms with van der Waals surface area (Å²) in [5.74, 6) is -0.695. The van der Waals surface area contributed by atoms with Crippen LogP contribution in [0.25, 0.3) is 11.5 Å². The standard InChI is InChI=1S/C18H16N4O7S2/c23-18(16-14(7-10-30-16)31(26,27)21-8-1-2-9-21)28-11-15-19-20-17(29-15)12-3-5-13(6-4-12)22(24)25/h3-7,10H,1-2,8-9,11H2. The second-order valence-electron chi connectivity index (χ2n) is 6.61. The first kappa shape index (κ1) is 21.1. The second-order valence-corrected chi connectivity index (χ2v) is 9.43. The Hall–Kier alpha value is -3.16. The Labute approximate surface area is 180 Å². The van der Waals surface area contributed by atoms with Crippen LogP contribution in [0, 0.1) is 10.1 Å². The number of benzene rings is 1. The highest BCUT2D eigenvalue weighted by Crippen LogP contribution is 2.28. The number of rotatable bonds is 7. The number of hydrogen-bond donors (Lipinski definition) is 0. The van der Waals surface area contributed by atoms with E-state index in [1.165, 1.54) is 40.0 Å². The fourth-order valence-electron chi connectivity index (χ4n) is 3.06. The maximum atomic E-state index is 12.8. The Morgan fingerprint density at radius 3 is 2.58 bits per heavy atom. The molecule has 1 saturated heterocycles. The molecule has 0 N–H and O–H groups in total. The van der Waals surface area contributed by atoms with Gasteiger partial charge in [-0.05, 0) is 36.4 Å². The molecule has 3 heterocycles. The van der Waals surface area contributed by atoms with Crippen molar-refractivity contribution in [2.75, 3.05) is 13.1 Å². The number of hydrogen-bond acceptors (Lipinski definition) is 10. The summed E-state index contributed by atoms with van der Waals surface area (Å²) in [5.41, 5.74) is 0.390. The van der Waals surface area contributed by atoms with Gasteiger partial charge in [0.15, 0.2) is 6.61 Å². The molecule has 4 rings (SSSR count). The first-order chi connectivity index (χ1) is 14.9.